The van der Waals surface area contributed by atoms with Crippen LogP contribution in [0.4, 0.5) is 4.39 Å². The van der Waals surface area contributed by atoms with Crippen LogP contribution < -0.4 is 10.1 Å². The number of amides is 1. The first-order valence-corrected chi connectivity index (χ1v) is 8.87. The molecule has 138 valence electrons. The zero-order valence-electron chi connectivity index (χ0n) is 15.1. The fourth-order valence-corrected chi connectivity index (χ4v) is 2.86. The van der Waals surface area contributed by atoms with Gasteiger partial charge in [-0.15, -0.1) is 0 Å². The number of pyridine rings is 1. The smallest absolute Gasteiger partial charge is 0.227 e. The van der Waals surface area contributed by atoms with Gasteiger partial charge in [0.15, 0.2) is 0 Å². The third-order valence-corrected chi connectivity index (χ3v) is 4.24. The molecule has 1 N–H and O–H groups in total. The first kappa shape index (κ1) is 18.6. The van der Waals surface area contributed by atoms with Crippen molar-refractivity contribution < 1.29 is 13.9 Å². The maximum atomic E-state index is 13.4. The molecule has 27 heavy (non-hydrogen) atoms. The Balaban J connectivity index is 1.70. The molecule has 1 aromatic heterocycles. The summed E-state index contributed by atoms with van der Waals surface area (Å²) < 4.78 is 19.0. The van der Waals surface area contributed by atoms with E-state index in [1.165, 1.54) is 12.1 Å². The summed E-state index contributed by atoms with van der Waals surface area (Å²) >= 11 is 0. The molecule has 1 atom stereocenters. The van der Waals surface area contributed by atoms with E-state index in [9.17, 15) is 9.18 Å². The summed E-state index contributed by atoms with van der Waals surface area (Å²) in [5.74, 6) is 0.0554. The van der Waals surface area contributed by atoms with Crippen LogP contribution in [0.5, 0.6) is 11.6 Å². The van der Waals surface area contributed by atoms with Gasteiger partial charge >= 0.3 is 0 Å². The van der Waals surface area contributed by atoms with Gasteiger partial charge in [0.2, 0.25) is 11.8 Å². The normalized spacial score (nSPS) is 11.6. The average molecular weight is 364 g/mol. The maximum absolute atomic E-state index is 13.4. The van der Waals surface area contributed by atoms with Crippen molar-refractivity contribution in [2.45, 2.75) is 25.8 Å². The van der Waals surface area contributed by atoms with E-state index >= 15 is 0 Å². The zero-order chi connectivity index (χ0) is 19.1. The lowest BCUT2D eigenvalue weighted by atomic mass is 9.95. The summed E-state index contributed by atoms with van der Waals surface area (Å²) in [7, 11) is 0. The van der Waals surface area contributed by atoms with Crippen molar-refractivity contribution in [3.63, 3.8) is 0 Å². The number of benzene rings is 2. The SMILES string of the molecule is CC[C@@H](C(=O)NCc1cccnc1Oc1cccc(F)c1)c1ccccc1. The monoisotopic (exact) mass is 364 g/mol. The van der Waals surface area contributed by atoms with Crippen molar-refractivity contribution in [2.24, 2.45) is 0 Å². The van der Waals surface area contributed by atoms with Crippen LogP contribution in [-0.4, -0.2) is 10.9 Å². The summed E-state index contributed by atoms with van der Waals surface area (Å²) in [5.41, 5.74) is 1.71. The molecular formula is C22H21FN2O2. The van der Waals surface area contributed by atoms with Gasteiger partial charge in [-0.05, 0) is 30.2 Å². The molecule has 0 fully saturated rings. The van der Waals surface area contributed by atoms with E-state index in [0.717, 1.165) is 11.1 Å². The van der Waals surface area contributed by atoms with Crippen molar-refractivity contribution in [3.05, 3.63) is 89.9 Å². The van der Waals surface area contributed by atoms with E-state index in [1.54, 1.807) is 24.4 Å². The van der Waals surface area contributed by atoms with Gasteiger partial charge in [-0.1, -0.05) is 49.4 Å². The fraction of sp³-hybridized carbons (Fsp3) is 0.182. The van der Waals surface area contributed by atoms with Gasteiger partial charge in [0.25, 0.3) is 0 Å². The van der Waals surface area contributed by atoms with Gasteiger partial charge in [0.1, 0.15) is 11.6 Å². The average Bonchev–Trinajstić information content (AvgIpc) is 2.69. The fourth-order valence-electron chi connectivity index (χ4n) is 2.86. The van der Waals surface area contributed by atoms with Crippen LogP contribution in [0.15, 0.2) is 72.9 Å². The molecule has 0 unspecified atom stereocenters. The second-order valence-corrected chi connectivity index (χ2v) is 6.12. The Hall–Kier alpha value is -3.21. The molecule has 1 heterocycles. The molecule has 0 aliphatic carbocycles. The zero-order valence-corrected chi connectivity index (χ0v) is 15.1. The molecule has 4 nitrogen and oxygen atoms in total. The third kappa shape index (κ3) is 4.91. The van der Waals surface area contributed by atoms with Crippen molar-refractivity contribution >= 4 is 5.91 Å². The molecule has 3 aromatic rings. The molecule has 0 spiro atoms. The molecule has 5 heteroatoms. The highest BCUT2D eigenvalue weighted by molar-refractivity contribution is 5.83. The largest absolute Gasteiger partial charge is 0.439 e. The summed E-state index contributed by atoms with van der Waals surface area (Å²) in [6.45, 7) is 2.26. The van der Waals surface area contributed by atoms with E-state index in [-0.39, 0.29) is 24.2 Å². The number of hydrogen-bond donors (Lipinski definition) is 1. The summed E-state index contributed by atoms with van der Waals surface area (Å²) in [4.78, 5) is 16.8. The molecule has 0 aliphatic rings. The van der Waals surface area contributed by atoms with Crippen molar-refractivity contribution in [3.8, 4) is 11.6 Å². The van der Waals surface area contributed by atoms with Crippen molar-refractivity contribution in [1.82, 2.24) is 10.3 Å². The van der Waals surface area contributed by atoms with Gasteiger partial charge in [-0.2, -0.15) is 0 Å². The minimum Gasteiger partial charge on any atom is -0.439 e. The van der Waals surface area contributed by atoms with Crippen LogP contribution in [-0.2, 0) is 11.3 Å². The molecule has 0 saturated carbocycles. The number of carbonyl (C=O) groups excluding carboxylic acids is 1. The number of carbonyl (C=O) groups is 1. The van der Waals surface area contributed by atoms with Gasteiger partial charge in [0.05, 0.1) is 5.92 Å². The first-order chi connectivity index (χ1) is 13.2. The van der Waals surface area contributed by atoms with Crippen LogP contribution in [0, 0.1) is 5.82 Å². The predicted octanol–water partition coefficient (Wildman–Crippen LogP) is 4.82. The Bertz CT molecular complexity index is 900. The number of nitrogens with one attached hydrogen (secondary N) is 1. The third-order valence-electron chi connectivity index (χ3n) is 4.24. The molecular weight excluding hydrogens is 343 g/mol. The molecule has 3 rings (SSSR count). The number of hydrogen-bond acceptors (Lipinski definition) is 3. The first-order valence-electron chi connectivity index (χ1n) is 8.87. The molecule has 0 saturated heterocycles. The lowest BCUT2D eigenvalue weighted by Gasteiger charge is -2.16. The van der Waals surface area contributed by atoms with Crippen molar-refractivity contribution in [1.29, 1.82) is 0 Å². The maximum Gasteiger partial charge on any atom is 0.227 e. The summed E-state index contributed by atoms with van der Waals surface area (Å²) in [6.07, 6.45) is 2.30. The van der Waals surface area contributed by atoms with E-state index in [2.05, 4.69) is 10.3 Å². The Morgan fingerprint density at radius 1 is 1.11 bits per heavy atom. The van der Waals surface area contributed by atoms with E-state index in [0.29, 0.717) is 18.1 Å². The molecule has 0 radical (unpaired) electrons. The summed E-state index contributed by atoms with van der Waals surface area (Å²) in [6, 6.07) is 19.2. The van der Waals surface area contributed by atoms with Crippen LogP contribution >= 0.6 is 0 Å². The van der Waals surface area contributed by atoms with Gasteiger partial charge in [-0.3, -0.25) is 4.79 Å². The predicted molar refractivity (Wildman–Crippen MR) is 102 cm³/mol. The van der Waals surface area contributed by atoms with Gasteiger partial charge in [0, 0.05) is 24.4 Å². The lowest BCUT2D eigenvalue weighted by Crippen LogP contribution is -2.28. The lowest BCUT2D eigenvalue weighted by molar-refractivity contribution is -0.122. The molecule has 1 amide bonds. The van der Waals surface area contributed by atoms with E-state index in [1.807, 2.05) is 43.3 Å². The Kier molecular flexibility index (Phi) is 6.15. The second-order valence-electron chi connectivity index (χ2n) is 6.12. The molecule has 2 aromatic carbocycles. The second kappa shape index (κ2) is 8.94. The van der Waals surface area contributed by atoms with Crippen LogP contribution in [0.1, 0.15) is 30.4 Å². The Labute approximate surface area is 158 Å². The number of ether oxygens (including phenoxy) is 1. The van der Waals surface area contributed by atoms with Crippen LogP contribution in [0.25, 0.3) is 0 Å². The number of aromatic nitrogens is 1. The number of halogens is 1. The van der Waals surface area contributed by atoms with Gasteiger partial charge in [-0.25, -0.2) is 9.37 Å². The van der Waals surface area contributed by atoms with Crippen LogP contribution in [0.2, 0.25) is 0 Å². The topological polar surface area (TPSA) is 51.2 Å². The van der Waals surface area contributed by atoms with Gasteiger partial charge < -0.3 is 10.1 Å². The highest BCUT2D eigenvalue weighted by Gasteiger charge is 2.18. The molecule has 0 aliphatic heterocycles. The highest BCUT2D eigenvalue weighted by atomic mass is 19.1. The quantitative estimate of drug-likeness (QED) is 0.654. The minimum atomic E-state index is -0.382. The van der Waals surface area contributed by atoms with E-state index in [4.69, 9.17) is 4.74 Å². The van der Waals surface area contributed by atoms with Crippen molar-refractivity contribution in [2.75, 3.05) is 0 Å². The van der Waals surface area contributed by atoms with E-state index < -0.39 is 0 Å². The highest BCUT2D eigenvalue weighted by Crippen LogP contribution is 2.24. The minimum absolute atomic E-state index is 0.0516. The number of nitrogens with zero attached hydrogens (tertiary/aromatic N) is 1. The standard InChI is InChI=1S/C22H21FN2O2/c1-2-20(16-8-4-3-5-9-16)21(26)25-15-17-10-7-13-24-22(17)27-19-12-6-11-18(23)14-19/h3-14,20H,2,15H2,1H3,(H,25,26)/t20-/m1/s1. The summed E-state index contributed by atoms with van der Waals surface area (Å²) in [5, 5.41) is 2.95. The van der Waals surface area contributed by atoms with Crippen LogP contribution in [0.3, 0.4) is 0 Å². The Morgan fingerprint density at radius 2 is 1.93 bits per heavy atom. The Morgan fingerprint density at radius 3 is 2.67 bits per heavy atom. The number of rotatable bonds is 7. The molecule has 0 bridgehead atoms.